The number of carbonyl (C=O) groups is 1. The molecule has 1 aliphatic rings. The van der Waals surface area contributed by atoms with Crippen molar-refractivity contribution < 1.29 is 14.3 Å². The minimum atomic E-state index is -0.571. The number of carbonyl (C=O) groups excluding carboxylic acids is 1. The van der Waals surface area contributed by atoms with Gasteiger partial charge in [-0.1, -0.05) is 6.08 Å². The predicted molar refractivity (Wildman–Crippen MR) is 31.0 cm³/mol. The lowest BCUT2D eigenvalue weighted by atomic mass is 10.3. The van der Waals surface area contributed by atoms with E-state index in [4.69, 9.17) is 0 Å². The summed E-state index contributed by atoms with van der Waals surface area (Å²) in [7, 11) is 0. The van der Waals surface area contributed by atoms with Gasteiger partial charge in [0.25, 0.3) is 0 Å². The third kappa shape index (κ3) is 1.45. The van der Waals surface area contributed by atoms with Crippen LogP contribution in [0.4, 0.5) is 4.79 Å². The first-order valence-electron chi connectivity index (χ1n) is 2.79. The van der Waals surface area contributed by atoms with E-state index < -0.39 is 6.16 Å². The number of hydrogen-bond acceptors (Lipinski definition) is 3. The fraction of sp³-hybridized carbons (Fsp3) is 0.500. The summed E-state index contributed by atoms with van der Waals surface area (Å²) in [6.45, 7) is 2.22. The lowest BCUT2D eigenvalue weighted by Crippen LogP contribution is -2.04. The van der Waals surface area contributed by atoms with E-state index in [1.54, 1.807) is 6.08 Å². The van der Waals surface area contributed by atoms with Gasteiger partial charge in [0, 0.05) is 0 Å². The number of rotatable bonds is 1. The molecule has 9 heavy (non-hydrogen) atoms. The maximum atomic E-state index is 10.2. The molecule has 0 aliphatic carbocycles. The molecule has 1 atom stereocenters. The zero-order valence-electron chi connectivity index (χ0n) is 5.16. The van der Waals surface area contributed by atoms with Gasteiger partial charge in [-0.3, -0.25) is 0 Å². The molecule has 0 aromatic rings. The molecule has 0 bridgehead atoms. The zero-order valence-corrected chi connectivity index (χ0v) is 5.16. The van der Waals surface area contributed by atoms with Gasteiger partial charge < -0.3 is 9.47 Å². The minimum Gasteiger partial charge on any atom is -0.430 e. The Hall–Kier alpha value is -0.990. The first-order valence-corrected chi connectivity index (χ1v) is 2.79. The molecule has 0 aromatic carbocycles. The van der Waals surface area contributed by atoms with Gasteiger partial charge in [-0.2, -0.15) is 0 Å². The van der Waals surface area contributed by atoms with Crippen molar-refractivity contribution in [2.45, 2.75) is 13.0 Å². The SMILES string of the molecule is CC=CC1COC(=O)O1. The van der Waals surface area contributed by atoms with E-state index in [9.17, 15) is 4.79 Å². The topological polar surface area (TPSA) is 35.5 Å². The third-order valence-corrected chi connectivity index (χ3v) is 1.02. The standard InChI is InChI=1S/C6H8O3/c1-2-3-5-4-8-6(7)9-5/h2-3,5H,4H2,1H3. The van der Waals surface area contributed by atoms with E-state index in [2.05, 4.69) is 9.47 Å². The molecule has 50 valence electrons. The van der Waals surface area contributed by atoms with Crippen LogP contribution in [-0.2, 0) is 9.47 Å². The molecule has 1 heterocycles. The lowest BCUT2D eigenvalue weighted by Gasteiger charge is -1.94. The van der Waals surface area contributed by atoms with Crippen molar-refractivity contribution >= 4 is 6.16 Å². The van der Waals surface area contributed by atoms with Crippen molar-refractivity contribution in [2.24, 2.45) is 0 Å². The predicted octanol–water partition coefficient (Wildman–Crippen LogP) is 1.10. The van der Waals surface area contributed by atoms with Gasteiger partial charge in [-0.15, -0.1) is 0 Å². The molecular formula is C6H8O3. The van der Waals surface area contributed by atoms with Gasteiger partial charge in [0.2, 0.25) is 0 Å². The Balaban J connectivity index is 2.39. The van der Waals surface area contributed by atoms with Crippen molar-refractivity contribution in [3.8, 4) is 0 Å². The molecule has 3 heteroatoms. The smallest absolute Gasteiger partial charge is 0.430 e. The van der Waals surface area contributed by atoms with E-state index in [-0.39, 0.29) is 6.10 Å². The molecule has 1 aliphatic heterocycles. The number of cyclic esters (lactones) is 2. The molecule has 0 amide bonds. The molecule has 0 aromatic heterocycles. The van der Waals surface area contributed by atoms with Crippen LogP contribution >= 0.6 is 0 Å². The summed E-state index contributed by atoms with van der Waals surface area (Å²) in [5.74, 6) is 0. The van der Waals surface area contributed by atoms with Crippen LogP contribution in [-0.4, -0.2) is 18.9 Å². The summed E-state index contributed by atoms with van der Waals surface area (Å²) in [4.78, 5) is 10.2. The second-order valence-electron chi connectivity index (χ2n) is 1.74. The molecule has 1 fully saturated rings. The van der Waals surface area contributed by atoms with Crippen molar-refractivity contribution in [1.82, 2.24) is 0 Å². The molecule has 0 N–H and O–H groups in total. The second kappa shape index (κ2) is 2.53. The van der Waals surface area contributed by atoms with Crippen molar-refractivity contribution in [3.05, 3.63) is 12.2 Å². The highest BCUT2D eigenvalue weighted by atomic mass is 16.8. The molecule has 1 unspecified atom stereocenters. The van der Waals surface area contributed by atoms with E-state index in [0.29, 0.717) is 6.61 Å². The number of hydrogen-bond donors (Lipinski definition) is 0. The van der Waals surface area contributed by atoms with Gasteiger partial charge in [0.05, 0.1) is 0 Å². The maximum Gasteiger partial charge on any atom is 0.509 e. The van der Waals surface area contributed by atoms with Crippen LogP contribution < -0.4 is 0 Å². The molecular weight excluding hydrogens is 120 g/mol. The quantitative estimate of drug-likeness (QED) is 0.392. The van der Waals surface area contributed by atoms with Gasteiger partial charge in [-0.05, 0) is 13.0 Å². The number of ether oxygens (including phenoxy) is 2. The molecule has 0 radical (unpaired) electrons. The summed E-state index contributed by atoms with van der Waals surface area (Å²) in [5.41, 5.74) is 0. The first kappa shape index (κ1) is 6.13. The average molecular weight is 128 g/mol. The summed E-state index contributed by atoms with van der Waals surface area (Å²) in [6, 6.07) is 0. The molecule has 1 rings (SSSR count). The van der Waals surface area contributed by atoms with Gasteiger partial charge in [0.1, 0.15) is 6.61 Å². The molecule has 0 saturated carbocycles. The van der Waals surface area contributed by atoms with Gasteiger partial charge in [0.15, 0.2) is 6.10 Å². The highest BCUT2D eigenvalue weighted by Crippen LogP contribution is 2.06. The Morgan fingerprint density at radius 2 is 2.56 bits per heavy atom. The lowest BCUT2D eigenvalue weighted by molar-refractivity contribution is 0.125. The monoisotopic (exact) mass is 128 g/mol. The Kier molecular flexibility index (Phi) is 1.72. The molecule has 3 nitrogen and oxygen atoms in total. The van der Waals surface area contributed by atoms with E-state index in [1.165, 1.54) is 0 Å². The summed E-state index contributed by atoms with van der Waals surface area (Å²) in [6.07, 6.45) is 2.87. The fourth-order valence-corrected chi connectivity index (χ4v) is 0.651. The van der Waals surface area contributed by atoms with Crippen LogP contribution in [0.1, 0.15) is 6.92 Å². The van der Waals surface area contributed by atoms with E-state index >= 15 is 0 Å². The maximum absolute atomic E-state index is 10.2. The Morgan fingerprint density at radius 1 is 1.78 bits per heavy atom. The Bertz CT molecular complexity index is 139. The highest BCUT2D eigenvalue weighted by Gasteiger charge is 2.21. The first-order chi connectivity index (χ1) is 4.33. The fourth-order valence-electron chi connectivity index (χ4n) is 0.651. The van der Waals surface area contributed by atoms with Crippen LogP contribution in [0.25, 0.3) is 0 Å². The van der Waals surface area contributed by atoms with Gasteiger partial charge >= 0.3 is 6.16 Å². The van der Waals surface area contributed by atoms with Gasteiger partial charge in [-0.25, -0.2) is 4.79 Å². The molecule has 1 saturated heterocycles. The van der Waals surface area contributed by atoms with Crippen molar-refractivity contribution in [2.75, 3.05) is 6.61 Å². The Morgan fingerprint density at radius 3 is 3.00 bits per heavy atom. The van der Waals surface area contributed by atoms with Crippen molar-refractivity contribution in [3.63, 3.8) is 0 Å². The van der Waals surface area contributed by atoms with Crippen LogP contribution in [0, 0.1) is 0 Å². The van der Waals surface area contributed by atoms with E-state index in [0.717, 1.165) is 0 Å². The summed E-state index contributed by atoms with van der Waals surface area (Å²) in [5, 5.41) is 0. The third-order valence-electron chi connectivity index (χ3n) is 1.02. The van der Waals surface area contributed by atoms with Crippen molar-refractivity contribution in [1.29, 1.82) is 0 Å². The van der Waals surface area contributed by atoms with E-state index in [1.807, 2.05) is 13.0 Å². The zero-order chi connectivity index (χ0) is 6.69. The summed E-state index contributed by atoms with van der Waals surface area (Å²) < 4.78 is 9.16. The normalized spacial score (nSPS) is 26.3. The van der Waals surface area contributed by atoms with Crippen LogP contribution in [0.15, 0.2) is 12.2 Å². The van der Waals surface area contributed by atoms with Crippen LogP contribution in [0.5, 0.6) is 0 Å². The van der Waals surface area contributed by atoms with Crippen LogP contribution in [0.3, 0.4) is 0 Å². The minimum absolute atomic E-state index is 0.164. The number of allylic oxidation sites excluding steroid dienone is 1. The largest absolute Gasteiger partial charge is 0.509 e. The average Bonchev–Trinajstić information content (AvgIpc) is 2.17. The summed E-state index contributed by atoms with van der Waals surface area (Å²) >= 11 is 0. The Labute approximate surface area is 53.3 Å². The van der Waals surface area contributed by atoms with Crippen LogP contribution in [0.2, 0.25) is 0 Å². The molecule has 0 spiro atoms. The second-order valence-corrected chi connectivity index (χ2v) is 1.74. The highest BCUT2D eigenvalue weighted by molar-refractivity contribution is 5.62.